The molecule has 7 aromatic carbocycles. The molecule has 2 aliphatic rings. The van der Waals surface area contributed by atoms with E-state index in [1.807, 2.05) is 72.8 Å². The lowest BCUT2D eigenvalue weighted by Crippen LogP contribution is -2.15. The van der Waals surface area contributed by atoms with Crippen LogP contribution in [-0.4, -0.2) is 9.97 Å². The molecule has 0 saturated heterocycles. The highest BCUT2D eigenvalue weighted by molar-refractivity contribution is 5.91. The van der Waals surface area contributed by atoms with Crippen LogP contribution in [0.4, 0.5) is 34.1 Å². The van der Waals surface area contributed by atoms with E-state index in [2.05, 4.69) is 109 Å². The van der Waals surface area contributed by atoms with Gasteiger partial charge in [-0.2, -0.15) is 0 Å². The van der Waals surface area contributed by atoms with E-state index in [4.69, 9.17) is 19.4 Å². The topological polar surface area (TPSA) is 50.7 Å². The second-order valence-electron chi connectivity index (χ2n) is 13.2. The molecule has 0 aliphatic carbocycles. The molecule has 0 spiro atoms. The highest BCUT2D eigenvalue weighted by Crippen LogP contribution is 2.52. The lowest BCUT2D eigenvalue weighted by Gasteiger charge is -2.32. The van der Waals surface area contributed by atoms with E-state index in [0.29, 0.717) is 0 Å². The molecule has 0 unspecified atom stereocenters. The van der Waals surface area contributed by atoms with Crippen LogP contribution < -0.4 is 19.3 Å². The van der Waals surface area contributed by atoms with Gasteiger partial charge in [0, 0.05) is 22.5 Å². The van der Waals surface area contributed by atoms with Crippen molar-refractivity contribution in [1.82, 2.24) is 9.97 Å². The molecular weight excluding hydrogens is 641 g/mol. The van der Waals surface area contributed by atoms with Crippen LogP contribution in [0.1, 0.15) is 11.1 Å². The molecule has 10 rings (SSSR count). The van der Waals surface area contributed by atoms with Gasteiger partial charge in [0.05, 0.1) is 45.2 Å². The fourth-order valence-corrected chi connectivity index (χ4v) is 7.22. The fourth-order valence-electron chi connectivity index (χ4n) is 7.22. The van der Waals surface area contributed by atoms with Crippen LogP contribution in [0.25, 0.3) is 33.5 Å². The van der Waals surface area contributed by atoms with Crippen LogP contribution in [-0.2, 0) is 0 Å². The third kappa shape index (κ3) is 4.88. The van der Waals surface area contributed by atoms with Crippen molar-refractivity contribution >= 4 is 45.2 Å². The third-order valence-corrected chi connectivity index (χ3v) is 9.94. The number of nitrogens with zero attached hydrogens (tertiary/aromatic N) is 4. The minimum atomic E-state index is 0.825. The van der Waals surface area contributed by atoms with E-state index >= 15 is 0 Å². The molecule has 0 atom stereocenters. The maximum atomic E-state index is 6.26. The Labute approximate surface area is 301 Å². The highest BCUT2D eigenvalue weighted by Gasteiger charge is 2.27. The minimum Gasteiger partial charge on any atom is -0.453 e. The van der Waals surface area contributed by atoms with Crippen molar-refractivity contribution in [1.29, 1.82) is 0 Å². The molecule has 2 aliphatic heterocycles. The zero-order valence-electron chi connectivity index (χ0n) is 28.6. The molecule has 0 fully saturated rings. The summed E-state index contributed by atoms with van der Waals surface area (Å²) in [5, 5.41) is 0. The van der Waals surface area contributed by atoms with E-state index < -0.39 is 0 Å². The molecule has 248 valence electrons. The molecule has 6 heteroatoms. The smallest absolute Gasteiger partial charge is 0.151 e. The summed E-state index contributed by atoms with van der Waals surface area (Å²) < 4.78 is 12.5. The summed E-state index contributed by atoms with van der Waals surface area (Å²) in [6.07, 6.45) is 0. The maximum absolute atomic E-state index is 6.26. The summed E-state index contributed by atoms with van der Waals surface area (Å²) in [7, 11) is 0. The average molecular weight is 673 g/mol. The lowest BCUT2D eigenvalue weighted by molar-refractivity contribution is 0.477. The van der Waals surface area contributed by atoms with Crippen molar-refractivity contribution in [2.75, 3.05) is 9.80 Å². The Morgan fingerprint density at radius 3 is 1.02 bits per heavy atom. The Hall–Kier alpha value is -6.92. The normalized spacial score (nSPS) is 12.7. The Morgan fingerprint density at radius 2 is 0.692 bits per heavy atom. The monoisotopic (exact) mass is 672 g/mol. The second-order valence-corrected chi connectivity index (χ2v) is 13.2. The van der Waals surface area contributed by atoms with Gasteiger partial charge in [0.1, 0.15) is 0 Å². The van der Waals surface area contributed by atoms with E-state index in [1.165, 1.54) is 11.1 Å². The van der Waals surface area contributed by atoms with Crippen LogP contribution in [0.3, 0.4) is 0 Å². The standard InChI is InChI=1S/C46H32N4O2/c1-29-27-35-36(28-30(29)2)48-46(32-21-25-34(26-22-32)50-39-13-5-9-17-43(39)52-44-18-10-6-14-40(44)50)45(47-35)31-19-23-33(24-20-31)49-37-11-3-7-15-41(37)51-42-16-8-4-12-38(42)49/h3-28H,1-2H3. The van der Waals surface area contributed by atoms with Crippen LogP contribution in [0.5, 0.6) is 23.0 Å². The number of anilines is 6. The van der Waals surface area contributed by atoms with Gasteiger partial charge < -0.3 is 19.3 Å². The van der Waals surface area contributed by atoms with E-state index in [9.17, 15) is 0 Å². The van der Waals surface area contributed by atoms with Gasteiger partial charge in [0.25, 0.3) is 0 Å². The number of hydrogen-bond donors (Lipinski definition) is 0. The Kier molecular flexibility index (Phi) is 6.83. The minimum absolute atomic E-state index is 0.825. The van der Waals surface area contributed by atoms with Crippen LogP contribution in [0, 0.1) is 13.8 Å². The van der Waals surface area contributed by atoms with Gasteiger partial charge in [-0.3, -0.25) is 0 Å². The van der Waals surface area contributed by atoms with Crippen LogP contribution in [0.15, 0.2) is 158 Å². The van der Waals surface area contributed by atoms with E-state index in [1.54, 1.807) is 0 Å². The third-order valence-electron chi connectivity index (χ3n) is 9.94. The van der Waals surface area contributed by atoms with Crippen molar-refractivity contribution in [3.05, 3.63) is 169 Å². The Bertz CT molecular complexity index is 2390. The lowest BCUT2D eigenvalue weighted by atomic mass is 10.0. The summed E-state index contributed by atoms with van der Waals surface area (Å²) in [6.45, 7) is 4.25. The molecule has 0 radical (unpaired) electrons. The molecule has 6 nitrogen and oxygen atoms in total. The number of para-hydroxylation sites is 8. The van der Waals surface area contributed by atoms with Gasteiger partial charge in [0.15, 0.2) is 23.0 Å². The van der Waals surface area contributed by atoms with Gasteiger partial charge >= 0.3 is 0 Å². The number of aromatic nitrogens is 2. The first-order chi connectivity index (χ1) is 25.6. The molecule has 0 bridgehead atoms. The first-order valence-electron chi connectivity index (χ1n) is 17.4. The van der Waals surface area contributed by atoms with Gasteiger partial charge in [0.2, 0.25) is 0 Å². The van der Waals surface area contributed by atoms with Crippen LogP contribution in [0.2, 0.25) is 0 Å². The average Bonchev–Trinajstić information content (AvgIpc) is 3.19. The number of aryl methyl sites for hydroxylation is 2. The van der Waals surface area contributed by atoms with Crippen molar-refractivity contribution < 1.29 is 9.47 Å². The van der Waals surface area contributed by atoms with Crippen molar-refractivity contribution in [2.24, 2.45) is 0 Å². The first-order valence-corrected chi connectivity index (χ1v) is 17.4. The van der Waals surface area contributed by atoms with Gasteiger partial charge in [-0.05, 0) is 110 Å². The summed E-state index contributed by atoms with van der Waals surface area (Å²) in [6, 6.07) is 54.0. The molecule has 0 N–H and O–H groups in total. The predicted molar refractivity (Wildman–Crippen MR) is 209 cm³/mol. The maximum Gasteiger partial charge on any atom is 0.151 e. The molecule has 1 aromatic heterocycles. The SMILES string of the molecule is Cc1cc2nc(-c3ccc(N4c5ccccc5Oc5ccccc54)cc3)c(-c3ccc(N4c5ccccc5Oc5ccccc54)cc3)nc2cc1C. The molecule has 3 heterocycles. The van der Waals surface area contributed by atoms with Crippen molar-refractivity contribution in [3.63, 3.8) is 0 Å². The number of fused-ring (bicyclic) bond motifs is 5. The summed E-state index contributed by atoms with van der Waals surface area (Å²) in [5.74, 6) is 3.30. The van der Waals surface area contributed by atoms with Gasteiger partial charge in [-0.15, -0.1) is 0 Å². The quantitative estimate of drug-likeness (QED) is 0.185. The van der Waals surface area contributed by atoms with Crippen LogP contribution >= 0.6 is 0 Å². The largest absolute Gasteiger partial charge is 0.453 e. The van der Waals surface area contributed by atoms with Gasteiger partial charge in [-0.25, -0.2) is 9.97 Å². The number of ether oxygens (including phenoxy) is 2. The summed E-state index contributed by atoms with van der Waals surface area (Å²) in [4.78, 5) is 15.1. The molecule has 0 amide bonds. The highest BCUT2D eigenvalue weighted by atomic mass is 16.5. The summed E-state index contributed by atoms with van der Waals surface area (Å²) in [5.41, 5.74) is 13.8. The van der Waals surface area contributed by atoms with Gasteiger partial charge in [-0.1, -0.05) is 72.8 Å². The second kappa shape index (κ2) is 11.9. The fraction of sp³-hybridized carbons (Fsp3) is 0.0435. The Morgan fingerprint density at radius 1 is 0.385 bits per heavy atom. The zero-order valence-corrected chi connectivity index (χ0v) is 28.6. The predicted octanol–water partition coefficient (Wildman–Crippen LogP) is 12.7. The van der Waals surface area contributed by atoms with E-state index in [-0.39, 0.29) is 0 Å². The zero-order chi connectivity index (χ0) is 34.8. The van der Waals surface area contributed by atoms with Crippen molar-refractivity contribution in [3.8, 4) is 45.5 Å². The van der Waals surface area contributed by atoms with Crippen molar-refractivity contribution in [2.45, 2.75) is 13.8 Å². The molecule has 8 aromatic rings. The summed E-state index contributed by atoms with van der Waals surface area (Å²) >= 11 is 0. The number of rotatable bonds is 4. The van der Waals surface area contributed by atoms with E-state index in [0.717, 1.165) is 90.7 Å². The Balaban J connectivity index is 1.08. The number of hydrogen-bond acceptors (Lipinski definition) is 6. The molecule has 0 saturated carbocycles. The molecular formula is C46H32N4O2. The number of benzene rings is 7. The molecule has 52 heavy (non-hydrogen) atoms. The first kappa shape index (κ1) is 29.9.